The second kappa shape index (κ2) is 8.74. The van der Waals surface area contributed by atoms with E-state index in [4.69, 9.17) is 0 Å². The zero-order chi connectivity index (χ0) is 18.5. The molecule has 4 heteroatoms. The zero-order valence-corrected chi connectivity index (χ0v) is 16.7. The van der Waals surface area contributed by atoms with Crippen molar-refractivity contribution in [2.24, 2.45) is 5.92 Å². The van der Waals surface area contributed by atoms with Crippen LogP contribution >= 0.6 is 0 Å². The number of rotatable bonds is 5. The van der Waals surface area contributed by atoms with Gasteiger partial charge < -0.3 is 10.2 Å². The Balaban J connectivity index is 1.40. The van der Waals surface area contributed by atoms with E-state index in [-0.39, 0.29) is 5.54 Å². The van der Waals surface area contributed by atoms with E-state index in [9.17, 15) is 4.79 Å². The molecule has 1 N–H and O–H groups in total. The number of amides is 1. The van der Waals surface area contributed by atoms with Gasteiger partial charge in [-0.1, -0.05) is 49.6 Å². The highest BCUT2D eigenvalue weighted by Gasteiger charge is 2.43. The van der Waals surface area contributed by atoms with Gasteiger partial charge in [0.05, 0.1) is 0 Å². The molecule has 27 heavy (non-hydrogen) atoms. The van der Waals surface area contributed by atoms with E-state index in [1.165, 1.54) is 44.1 Å². The second-order valence-electron chi connectivity index (χ2n) is 8.90. The van der Waals surface area contributed by atoms with Gasteiger partial charge in [0.15, 0.2) is 0 Å². The summed E-state index contributed by atoms with van der Waals surface area (Å²) in [6, 6.07) is 10.9. The van der Waals surface area contributed by atoms with Gasteiger partial charge >= 0.3 is 0 Å². The summed E-state index contributed by atoms with van der Waals surface area (Å²) >= 11 is 0. The summed E-state index contributed by atoms with van der Waals surface area (Å²) in [6.45, 7) is 6.11. The van der Waals surface area contributed by atoms with Crippen LogP contribution < -0.4 is 5.32 Å². The monoisotopic (exact) mass is 369 g/mol. The summed E-state index contributed by atoms with van der Waals surface area (Å²) in [6.07, 6.45) is 9.49. The van der Waals surface area contributed by atoms with Crippen molar-refractivity contribution in [3.8, 4) is 0 Å². The number of nitrogens with one attached hydrogen (secondary N) is 1. The fourth-order valence-corrected chi connectivity index (χ4v) is 5.41. The molecule has 1 aromatic carbocycles. The second-order valence-corrected chi connectivity index (χ2v) is 8.90. The van der Waals surface area contributed by atoms with Crippen LogP contribution in [0.1, 0.15) is 56.9 Å². The molecule has 1 amide bonds. The van der Waals surface area contributed by atoms with Crippen molar-refractivity contribution >= 4 is 5.91 Å². The quantitative estimate of drug-likeness (QED) is 0.864. The van der Waals surface area contributed by atoms with E-state index in [2.05, 4.69) is 45.4 Å². The van der Waals surface area contributed by atoms with Crippen LogP contribution in [-0.4, -0.2) is 54.0 Å². The maximum Gasteiger partial charge on any atom is 0.222 e. The van der Waals surface area contributed by atoms with Crippen molar-refractivity contribution < 1.29 is 4.79 Å². The van der Waals surface area contributed by atoms with Crippen LogP contribution in [0.4, 0.5) is 0 Å². The molecule has 2 aliphatic heterocycles. The molecule has 2 heterocycles. The Morgan fingerprint density at radius 2 is 1.93 bits per heavy atom. The lowest BCUT2D eigenvalue weighted by Gasteiger charge is -2.53. The summed E-state index contributed by atoms with van der Waals surface area (Å²) in [5.74, 6) is 1.10. The standard InChI is InChI=1S/C23H35N3O/c27-22(10-9-20-11-14-24-17-20)25-15-16-26(18-21-7-3-1-4-8-21)23(19-25)12-5-2-6-13-23/h1,3-4,7-8,20,24H,2,5-6,9-19H2. The third-order valence-electron chi connectivity index (χ3n) is 7.08. The van der Waals surface area contributed by atoms with Gasteiger partial charge in [-0.3, -0.25) is 9.69 Å². The highest BCUT2D eigenvalue weighted by atomic mass is 16.2. The number of benzene rings is 1. The average Bonchev–Trinajstić information content (AvgIpc) is 3.23. The van der Waals surface area contributed by atoms with Crippen molar-refractivity contribution in [2.75, 3.05) is 32.7 Å². The fourth-order valence-electron chi connectivity index (χ4n) is 5.41. The maximum atomic E-state index is 12.9. The highest BCUT2D eigenvalue weighted by Crippen LogP contribution is 2.37. The molecule has 1 aliphatic carbocycles. The van der Waals surface area contributed by atoms with Crippen molar-refractivity contribution in [1.82, 2.24) is 15.1 Å². The van der Waals surface area contributed by atoms with E-state index < -0.39 is 0 Å². The van der Waals surface area contributed by atoms with Gasteiger partial charge in [-0.25, -0.2) is 0 Å². The molecule has 0 aromatic heterocycles. The van der Waals surface area contributed by atoms with Crippen molar-refractivity contribution in [1.29, 1.82) is 0 Å². The lowest BCUT2D eigenvalue weighted by Crippen LogP contribution is -2.63. The molecule has 2 saturated heterocycles. The number of carbonyl (C=O) groups is 1. The SMILES string of the molecule is O=C(CCC1CCNC1)N1CCN(Cc2ccccc2)C2(CCCCC2)C1. The van der Waals surface area contributed by atoms with Gasteiger partial charge in [0, 0.05) is 38.1 Å². The third-order valence-corrected chi connectivity index (χ3v) is 7.08. The molecule has 0 radical (unpaired) electrons. The first-order chi connectivity index (χ1) is 13.3. The Kier molecular flexibility index (Phi) is 6.14. The van der Waals surface area contributed by atoms with E-state index in [1.807, 2.05) is 0 Å². The minimum absolute atomic E-state index is 0.205. The average molecular weight is 370 g/mol. The number of carbonyl (C=O) groups excluding carboxylic acids is 1. The molecular formula is C23H35N3O. The summed E-state index contributed by atoms with van der Waals surface area (Å²) in [4.78, 5) is 17.8. The minimum Gasteiger partial charge on any atom is -0.340 e. The molecule has 4 nitrogen and oxygen atoms in total. The summed E-state index contributed by atoms with van der Waals surface area (Å²) < 4.78 is 0. The molecule has 3 aliphatic rings. The zero-order valence-electron chi connectivity index (χ0n) is 16.7. The highest BCUT2D eigenvalue weighted by molar-refractivity contribution is 5.76. The molecule has 148 valence electrons. The lowest BCUT2D eigenvalue weighted by atomic mass is 9.78. The van der Waals surface area contributed by atoms with Crippen LogP contribution in [-0.2, 0) is 11.3 Å². The predicted molar refractivity (Wildman–Crippen MR) is 109 cm³/mol. The molecule has 1 saturated carbocycles. The van der Waals surface area contributed by atoms with Crippen LogP contribution in [0.25, 0.3) is 0 Å². The molecule has 1 unspecified atom stereocenters. The number of hydrogen-bond donors (Lipinski definition) is 1. The summed E-state index contributed by atoms with van der Waals surface area (Å²) in [5, 5.41) is 3.42. The van der Waals surface area contributed by atoms with Gasteiger partial charge in [0.1, 0.15) is 0 Å². The first-order valence-electron chi connectivity index (χ1n) is 11.0. The van der Waals surface area contributed by atoms with E-state index in [0.29, 0.717) is 11.8 Å². The van der Waals surface area contributed by atoms with Gasteiger partial charge in [-0.15, -0.1) is 0 Å². The van der Waals surface area contributed by atoms with E-state index in [1.54, 1.807) is 0 Å². The normalized spacial score (nSPS) is 25.8. The Morgan fingerprint density at radius 1 is 1.11 bits per heavy atom. The van der Waals surface area contributed by atoms with Gasteiger partial charge in [-0.05, 0) is 50.3 Å². The van der Waals surface area contributed by atoms with Crippen molar-refractivity contribution in [3.63, 3.8) is 0 Å². The van der Waals surface area contributed by atoms with Gasteiger partial charge in [0.2, 0.25) is 5.91 Å². The van der Waals surface area contributed by atoms with Crippen LogP contribution in [0.2, 0.25) is 0 Å². The van der Waals surface area contributed by atoms with Gasteiger partial charge in [0.25, 0.3) is 0 Å². The van der Waals surface area contributed by atoms with Crippen LogP contribution in [0.3, 0.4) is 0 Å². The molecule has 3 fully saturated rings. The molecule has 4 rings (SSSR count). The van der Waals surface area contributed by atoms with Crippen molar-refractivity contribution in [2.45, 2.75) is 63.5 Å². The fraction of sp³-hybridized carbons (Fsp3) is 0.696. The molecular weight excluding hydrogens is 334 g/mol. The first kappa shape index (κ1) is 18.9. The Hall–Kier alpha value is -1.39. The first-order valence-corrected chi connectivity index (χ1v) is 11.0. The van der Waals surface area contributed by atoms with E-state index in [0.717, 1.165) is 52.1 Å². The number of nitrogens with zero attached hydrogens (tertiary/aromatic N) is 2. The summed E-state index contributed by atoms with van der Waals surface area (Å²) in [5.41, 5.74) is 1.60. The largest absolute Gasteiger partial charge is 0.340 e. The Labute approximate surface area is 164 Å². The van der Waals surface area contributed by atoms with Crippen LogP contribution in [0.5, 0.6) is 0 Å². The smallest absolute Gasteiger partial charge is 0.222 e. The lowest BCUT2D eigenvalue weighted by molar-refractivity contribution is -0.139. The predicted octanol–water partition coefficient (Wildman–Crippen LogP) is 3.42. The topological polar surface area (TPSA) is 35.6 Å². The molecule has 1 aromatic rings. The number of piperazine rings is 1. The van der Waals surface area contributed by atoms with Crippen LogP contribution in [0, 0.1) is 5.92 Å². The molecule has 0 bridgehead atoms. The Morgan fingerprint density at radius 3 is 2.67 bits per heavy atom. The minimum atomic E-state index is 0.205. The summed E-state index contributed by atoms with van der Waals surface area (Å²) in [7, 11) is 0. The van der Waals surface area contributed by atoms with E-state index >= 15 is 0 Å². The molecule has 1 atom stereocenters. The maximum absolute atomic E-state index is 12.9. The molecule has 1 spiro atoms. The van der Waals surface area contributed by atoms with Gasteiger partial charge in [-0.2, -0.15) is 0 Å². The van der Waals surface area contributed by atoms with Crippen molar-refractivity contribution in [3.05, 3.63) is 35.9 Å². The number of hydrogen-bond acceptors (Lipinski definition) is 3. The third kappa shape index (κ3) is 4.55. The van der Waals surface area contributed by atoms with Crippen LogP contribution in [0.15, 0.2) is 30.3 Å². The Bertz CT molecular complexity index is 605.